The maximum Gasteiger partial charge on any atom is 0.253 e. The highest BCUT2D eigenvalue weighted by Crippen LogP contribution is 2.28. The molecule has 0 saturated carbocycles. The van der Waals surface area contributed by atoms with Crippen LogP contribution in [0.4, 0.5) is 8.78 Å². The van der Waals surface area contributed by atoms with Crippen molar-refractivity contribution >= 4 is 16.9 Å². The van der Waals surface area contributed by atoms with Gasteiger partial charge in [-0.05, 0) is 60.4 Å². The van der Waals surface area contributed by atoms with Crippen LogP contribution in [0.1, 0.15) is 34.3 Å². The topological polar surface area (TPSA) is 82.1 Å². The summed E-state index contributed by atoms with van der Waals surface area (Å²) in [6, 6.07) is 12.4. The van der Waals surface area contributed by atoms with Crippen molar-refractivity contribution in [3.63, 3.8) is 0 Å². The number of piperidine rings is 1. The van der Waals surface area contributed by atoms with E-state index in [-0.39, 0.29) is 17.9 Å². The Hall–Kier alpha value is -3.65. The Labute approximate surface area is 188 Å². The van der Waals surface area contributed by atoms with Gasteiger partial charge in [-0.15, -0.1) is 0 Å². The average molecular weight is 448 g/mol. The number of carbonyl (C=O) groups excluding carboxylic acids is 1. The van der Waals surface area contributed by atoms with Gasteiger partial charge < -0.3 is 10.0 Å². The van der Waals surface area contributed by atoms with Crippen molar-refractivity contribution in [3.05, 3.63) is 83.1 Å². The molecular formula is C25H22F2N4O2. The number of aromatic nitrogens is 3. The van der Waals surface area contributed by atoms with Gasteiger partial charge in [-0.3, -0.25) is 9.89 Å². The molecule has 0 aliphatic carbocycles. The minimum Gasteiger partial charge on any atom is -0.391 e. The van der Waals surface area contributed by atoms with E-state index >= 15 is 0 Å². The second-order valence-electron chi connectivity index (χ2n) is 8.35. The second kappa shape index (κ2) is 8.71. The maximum atomic E-state index is 14.1. The molecule has 5 rings (SSSR count). The van der Waals surface area contributed by atoms with Crippen LogP contribution in [0.3, 0.4) is 0 Å². The fourth-order valence-electron chi connectivity index (χ4n) is 4.28. The molecule has 1 saturated heterocycles. The number of aliphatic hydroxyl groups excluding tert-OH is 1. The summed E-state index contributed by atoms with van der Waals surface area (Å²) in [5.74, 6) is -1.10. The van der Waals surface area contributed by atoms with E-state index in [1.165, 1.54) is 6.07 Å². The molecule has 0 spiro atoms. The summed E-state index contributed by atoms with van der Waals surface area (Å²) in [5, 5.41) is 17.9. The van der Waals surface area contributed by atoms with Crippen molar-refractivity contribution in [1.29, 1.82) is 0 Å². The number of fused-ring (bicyclic) bond motifs is 1. The summed E-state index contributed by atoms with van der Waals surface area (Å²) >= 11 is 0. The number of hydrogen-bond donors (Lipinski definition) is 2. The van der Waals surface area contributed by atoms with E-state index < -0.39 is 17.7 Å². The van der Waals surface area contributed by atoms with Crippen molar-refractivity contribution < 1.29 is 18.7 Å². The molecule has 2 N–H and O–H groups in total. The monoisotopic (exact) mass is 448 g/mol. The summed E-state index contributed by atoms with van der Waals surface area (Å²) in [7, 11) is 0. The Balaban J connectivity index is 1.46. The summed E-state index contributed by atoms with van der Waals surface area (Å²) < 4.78 is 27.6. The Morgan fingerprint density at radius 1 is 1.18 bits per heavy atom. The Morgan fingerprint density at radius 2 is 2.06 bits per heavy atom. The molecular weight excluding hydrogens is 426 g/mol. The molecule has 0 bridgehead atoms. The number of aromatic amines is 1. The molecule has 33 heavy (non-hydrogen) atoms. The van der Waals surface area contributed by atoms with Gasteiger partial charge in [0.05, 0.1) is 6.10 Å². The molecule has 1 atom stereocenters. The molecule has 3 heterocycles. The molecule has 168 valence electrons. The third-order valence-electron chi connectivity index (χ3n) is 5.94. The van der Waals surface area contributed by atoms with Crippen LogP contribution in [0, 0.1) is 11.6 Å². The van der Waals surface area contributed by atoms with E-state index in [2.05, 4.69) is 15.2 Å². The van der Waals surface area contributed by atoms with Crippen LogP contribution in [-0.2, 0) is 6.42 Å². The number of rotatable bonds is 4. The zero-order valence-corrected chi connectivity index (χ0v) is 17.8. The summed E-state index contributed by atoms with van der Waals surface area (Å²) in [5.41, 5.74) is 3.39. The number of amides is 1. The number of carbonyl (C=O) groups is 1. The van der Waals surface area contributed by atoms with E-state index in [4.69, 9.17) is 0 Å². The molecule has 1 amide bonds. The molecule has 4 aromatic rings. The van der Waals surface area contributed by atoms with Gasteiger partial charge in [0.15, 0.2) is 5.65 Å². The lowest BCUT2D eigenvalue weighted by molar-refractivity contribution is 0.0474. The van der Waals surface area contributed by atoms with Gasteiger partial charge in [0.2, 0.25) is 0 Å². The number of benzene rings is 2. The fraction of sp³-hybridized carbons (Fsp3) is 0.240. The van der Waals surface area contributed by atoms with Gasteiger partial charge in [0.1, 0.15) is 17.3 Å². The number of nitrogens with zero attached hydrogens (tertiary/aromatic N) is 3. The van der Waals surface area contributed by atoms with Crippen molar-refractivity contribution in [1.82, 2.24) is 20.1 Å². The van der Waals surface area contributed by atoms with Gasteiger partial charge in [-0.25, -0.2) is 13.8 Å². The predicted molar refractivity (Wildman–Crippen MR) is 120 cm³/mol. The smallest absolute Gasteiger partial charge is 0.253 e. The largest absolute Gasteiger partial charge is 0.391 e. The average Bonchev–Trinajstić information content (AvgIpc) is 3.24. The molecule has 0 radical (unpaired) electrons. The molecule has 0 unspecified atom stereocenters. The zero-order valence-electron chi connectivity index (χ0n) is 17.8. The summed E-state index contributed by atoms with van der Waals surface area (Å²) in [6.07, 6.45) is 2.78. The number of H-pyrrole nitrogens is 1. The van der Waals surface area contributed by atoms with E-state index in [1.54, 1.807) is 29.3 Å². The predicted octanol–water partition coefficient (Wildman–Crippen LogP) is 4.09. The molecule has 6 nitrogen and oxygen atoms in total. The normalized spacial score (nSPS) is 16.3. The lowest BCUT2D eigenvalue weighted by Crippen LogP contribution is -2.42. The second-order valence-corrected chi connectivity index (χ2v) is 8.35. The van der Waals surface area contributed by atoms with E-state index in [0.717, 1.165) is 29.5 Å². The van der Waals surface area contributed by atoms with E-state index in [0.29, 0.717) is 42.0 Å². The van der Waals surface area contributed by atoms with Crippen LogP contribution in [-0.4, -0.2) is 50.3 Å². The first-order valence-electron chi connectivity index (χ1n) is 10.8. The van der Waals surface area contributed by atoms with Crippen molar-refractivity contribution in [2.24, 2.45) is 0 Å². The minimum absolute atomic E-state index is 0.129. The van der Waals surface area contributed by atoms with Gasteiger partial charge in [-0.1, -0.05) is 12.1 Å². The third-order valence-corrected chi connectivity index (χ3v) is 5.94. The molecule has 1 aliphatic rings. The standard InChI is InChI=1S/C25H22F2N4O2/c26-19-6-7-22(27)18(12-19)9-15-10-21-23(29-30-24(21)28-13-15)16-3-1-4-17(11-16)25(33)31-8-2-5-20(32)14-31/h1,3-4,6-7,10-13,20,32H,2,5,8-9,14H2,(H,28,29,30)/t20-/m0/s1. The van der Waals surface area contributed by atoms with Crippen molar-refractivity contribution in [3.8, 4) is 11.3 Å². The lowest BCUT2D eigenvalue weighted by Gasteiger charge is -2.30. The van der Waals surface area contributed by atoms with Crippen LogP contribution in [0.5, 0.6) is 0 Å². The van der Waals surface area contributed by atoms with Crippen LogP contribution >= 0.6 is 0 Å². The quantitative estimate of drug-likeness (QED) is 0.493. The SMILES string of the molecule is O=C(c1cccc(-c2n[nH]c3ncc(Cc4cc(F)ccc4F)cc23)c1)N1CCC[C@H](O)C1. The highest BCUT2D eigenvalue weighted by atomic mass is 19.1. The fourth-order valence-corrected chi connectivity index (χ4v) is 4.28. The number of β-amino-alcohol motifs (C(OH)–C–C–N with tert-alkyl or cyclic N) is 1. The number of likely N-dealkylation sites (tertiary alicyclic amines) is 1. The number of aliphatic hydroxyl groups is 1. The third kappa shape index (κ3) is 4.34. The highest BCUT2D eigenvalue weighted by Gasteiger charge is 2.23. The molecule has 2 aromatic heterocycles. The molecule has 2 aromatic carbocycles. The number of nitrogens with one attached hydrogen (secondary N) is 1. The maximum absolute atomic E-state index is 14.1. The minimum atomic E-state index is -0.493. The molecule has 1 fully saturated rings. The van der Waals surface area contributed by atoms with Gasteiger partial charge in [0, 0.05) is 42.2 Å². The van der Waals surface area contributed by atoms with Crippen LogP contribution in [0.25, 0.3) is 22.3 Å². The zero-order chi connectivity index (χ0) is 22.9. The van der Waals surface area contributed by atoms with Gasteiger partial charge in [0.25, 0.3) is 5.91 Å². The molecule has 1 aliphatic heterocycles. The van der Waals surface area contributed by atoms with E-state index in [9.17, 15) is 18.7 Å². The summed E-state index contributed by atoms with van der Waals surface area (Å²) in [4.78, 5) is 19.0. The Morgan fingerprint density at radius 3 is 2.91 bits per heavy atom. The van der Waals surface area contributed by atoms with Crippen LogP contribution in [0.2, 0.25) is 0 Å². The van der Waals surface area contributed by atoms with Crippen molar-refractivity contribution in [2.45, 2.75) is 25.4 Å². The Bertz CT molecular complexity index is 1340. The van der Waals surface area contributed by atoms with Crippen LogP contribution < -0.4 is 0 Å². The summed E-state index contributed by atoms with van der Waals surface area (Å²) in [6.45, 7) is 0.952. The Kier molecular flexibility index (Phi) is 5.60. The van der Waals surface area contributed by atoms with Crippen LogP contribution in [0.15, 0.2) is 54.7 Å². The van der Waals surface area contributed by atoms with Gasteiger partial charge in [-0.2, -0.15) is 5.10 Å². The highest BCUT2D eigenvalue weighted by molar-refractivity contribution is 5.97. The number of pyridine rings is 1. The molecule has 8 heteroatoms. The van der Waals surface area contributed by atoms with E-state index in [1.807, 2.05) is 12.1 Å². The lowest BCUT2D eigenvalue weighted by atomic mass is 10.0. The number of halogens is 2. The van der Waals surface area contributed by atoms with Crippen molar-refractivity contribution in [2.75, 3.05) is 13.1 Å². The van der Waals surface area contributed by atoms with Gasteiger partial charge >= 0.3 is 0 Å². The first-order valence-corrected chi connectivity index (χ1v) is 10.8. The first kappa shape index (κ1) is 21.2. The first-order chi connectivity index (χ1) is 16.0. The number of hydrogen-bond acceptors (Lipinski definition) is 4.